The van der Waals surface area contributed by atoms with E-state index < -0.39 is 28.0 Å². The van der Waals surface area contributed by atoms with Gasteiger partial charge in [-0.15, -0.1) is 0 Å². The molecular weight excluding hydrogens is 555 g/mol. The van der Waals surface area contributed by atoms with Crippen LogP contribution in [0.15, 0.2) is 71.1 Å². The summed E-state index contributed by atoms with van der Waals surface area (Å²) in [5, 5.41) is 2.25. The zero-order chi connectivity index (χ0) is 27.6. The molecular formula is C26H20Cl2N2O7S. The molecule has 0 radical (unpaired) electrons. The van der Waals surface area contributed by atoms with Crippen molar-refractivity contribution in [2.45, 2.75) is 18.7 Å². The first-order valence-electron chi connectivity index (χ1n) is 11.1. The molecule has 4 rings (SSSR count). The van der Waals surface area contributed by atoms with E-state index in [-0.39, 0.29) is 49.9 Å². The first-order valence-corrected chi connectivity index (χ1v) is 13.3. The zero-order valence-corrected chi connectivity index (χ0v) is 22.4. The van der Waals surface area contributed by atoms with Gasteiger partial charge in [0.15, 0.2) is 5.75 Å². The predicted octanol–water partition coefficient (Wildman–Crippen LogP) is 5.13. The average molecular weight is 575 g/mol. The number of carbonyl (C=O) groups excluding carboxylic acids is 3. The highest BCUT2D eigenvalue weighted by molar-refractivity contribution is 7.87. The molecule has 0 spiro atoms. The summed E-state index contributed by atoms with van der Waals surface area (Å²) in [5.41, 5.74) is 0.879. The highest BCUT2D eigenvalue weighted by Crippen LogP contribution is 2.39. The zero-order valence-electron chi connectivity index (χ0n) is 20.0. The van der Waals surface area contributed by atoms with Crippen LogP contribution in [0.4, 0.5) is 10.5 Å². The molecule has 9 nitrogen and oxygen atoms in total. The van der Waals surface area contributed by atoms with Gasteiger partial charge in [-0.1, -0.05) is 47.0 Å². The molecule has 0 unspecified atom stereocenters. The van der Waals surface area contributed by atoms with Gasteiger partial charge in [-0.05, 0) is 68.0 Å². The highest BCUT2D eigenvalue weighted by Gasteiger charge is 2.37. The van der Waals surface area contributed by atoms with Crippen molar-refractivity contribution in [2.24, 2.45) is 0 Å². The summed E-state index contributed by atoms with van der Waals surface area (Å²) < 4.78 is 36.6. The molecule has 3 aromatic rings. The van der Waals surface area contributed by atoms with Gasteiger partial charge in [-0.25, -0.2) is 9.69 Å². The topological polar surface area (TPSA) is 119 Å². The fourth-order valence-corrected chi connectivity index (χ4v) is 5.00. The van der Waals surface area contributed by atoms with Crippen LogP contribution in [0.1, 0.15) is 18.1 Å². The van der Waals surface area contributed by atoms with Crippen molar-refractivity contribution in [3.63, 3.8) is 0 Å². The van der Waals surface area contributed by atoms with Crippen LogP contribution in [0.2, 0.25) is 10.0 Å². The minimum absolute atomic E-state index is 0.0334. The first kappa shape index (κ1) is 27.2. The van der Waals surface area contributed by atoms with Gasteiger partial charge in [0.05, 0.1) is 17.3 Å². The summed E-state index contributed by atoms with van der Waals surface area (Å²) in [6.07, 6.45) is 1.20. The van der Waals surface area contributed by atoms with Crippen LogP contribution in [0, 0.1) is 6.92 Å². The molecule has 0 bridgehead atoms. The number of carbonyl (C=O) groups is 3. The minimum atomic E-state index is -4.25. The normalized spacial score (nSPS) is 15.0. The van der Waals surface area contributed by atoms with Gasteiger partial charge in [0, 0.05) is 5.02 Å². The Hall–Kier alpha value is -3.86. The van der Waals surface area contributed by atoms with Crippen LogP contribution in [-0.4, -0.2) is 32.9 Å². The lowest BCUT2D eigenvalue weighted by molar-refractivity contribution is -0.122. The molecule has 12 heteroatoms. The van der Waals surface area contributed by atoms with Gasteiger partial charge < -0.3 is 8.92 Å². The average Bonchev–Trinajstić information content (AvgIpc) is 2.84. The Balaban J connectivity index is 1.72. The monoisotopic (exact) mass is 574 g/mol. The van der Waals surface area contributed by atoms with Crippen LogP contribution in [-0.2, 0) is 19.7 Å². The smallest absolute Gasteiger partial charge is 0.339 e. The van der Waals surface area contributed by atoms with Crippen LogP contribution in [0.25, 0.3) is 6.08 Å². The summed E-state index contributed by atoms with van der Waals surface area (Å²) in [7, 11) is -4.25. The van der Waals surface area contributed by atoms with E-state index in [4.69, 9.17) is 32.1 Å². The van der Waals surface area contributed by atoms with Crippen LogP contribution in [0.3, 0.4) is 0 Å². The fourth-order valence-electron chi connectivity index (χ4n) is 3.55. The van der Waals surface area contributed by atoms with Crippen molar-refractivity contribution in [3.05, 3.63) is 87.4 Å². The van der Waals surface area contributed by atoms with Gasteiger partial charge in [-0.3, -0.25) is 14.9 Å². The fraction of sp³-hybridized carbons (Fsp3) is 0.115. The molecule has 196 valence electrons. The van der Waals surface area contributed by atoms with Crippen molar-refractivity contribution in [3.8, 4) is 11.5 Å². The van der Waals surface area contributed by atoms with E-state index in [1.165, 1.54) is 42.5 Å². The van der Waals surface area contributed by atoms with Crippen LogP contribution in [0.5, 0.6) is 11.5 Å². The number of hydrogen-bond acceptors (Lipinski definition) is 7. The number of rotatable bonds is 7. The molecule has 0 atom stereocenters. The lowest BCUT2D eigenvalue weighted by Gasteiger charge is -2.26. The molecule has 1 N–H and O–H groups in total. The van der Waals surface area contributed by atoms with E-state index in [1.807, 2.05) is 6.92 Å². The maximum absolute atomic E-state index is 13.2. The lowest BCUT2D eigenvalue weighted by atomic mass is 10.1. The van der Waals surface area contributed by atoms with Gasteiger partial charge in [0.1, 0.15) is 10.5 Å². The number of hydrogen-bond donors (Lipinski definition) is 1. The molecule has 3 aromatic carbocycles. The van der Waals surface area contributed by atoms with Crippen LogP contribution >= 0.6 is 23.2 Å². The molecule has 1 heterocycles. The molecule has 0 aliphatic carbocycles. The molecule has 1 aliphatic heterocycles. The number of urea groups is 1. The number of nitrogens with one attached hydrogen (secondary N) is 1. The SMILES string of the molecule is CCOc1cc(/C=C2\C(=O)NC(=O)N(c3cccc(Cl)c3)C2=O)cc(Cl)c1OS(=O)(=O)c1ccc(C)cc1. The minimum Gasteiger partial charge on any atom is -0.490 e. The largest absolute Gasteiger partial charge is 0.490 e. The number of barbiturate groups is 1. The van der Waals surface area contributed by atoms with E-state index in [9.17, 15) is 22.8 Å². The quantitative estimate of drug-likeness (QED) is 0.236. The second-order valence-corrected chi connectivity index (χ2v) is 10.4. The second kappa shape index (κ2) is 10.9. The maximum atomic E-state index is 13.2. The van der Waals surface area contributed by atoms with Crippen molar-refractivity contribution in [1.82, 2.24) is 5.32 Å². The summed E-state index contributed by atoms with van der Waals surface area (Å²) in [4.78, 5) is 38.8. The van der Waals surface area contributed by atoms with Crippen molar-refractivity contribution in [1.29, 1.82) is 0 Å². The number of benzene rings is 3. The van der Waals surface area contributed by atoms with E-state index in [0.717, 1.165) is 10.5 Å². The summed E-state index contributed by atoms with van der Waals surface area (Å²) in [6, 6.07) is 13.8. The van der Waals surface area contributed by atoms with Gasteiger partial charge >= 0.3 is 16.1 Å². The number of amides is 4. The van der Waals surface area contributed by atoms with E-state index in [2.05, 4.69) is 5.32 Å². The number of anilines is 1. The third-order valence-corrected chi connectivity index (χ3v) is 7.06. The molecule has 0 saturated carbocycles. The van der Waals surface area contributed by atoms with Gasteiger partial charge in [-0.2, -0.15) is 8.42 Å². The van der Waals surface area contributed by atoms with Gasteiger partial charge in [0.25, 0.3) is 11.8 Å². The Morgan fingerprint density at radius 1 is 1.00 bits per heavy atom. The molecule has 0 aromatic heterocycles. The molecule has 4 amide bonds. The van der Waals surface area contributed by atoms with E-state index >= 15 is 0 Å². The van der Waals surface area contributed by atoms with Gasteiger partial charge in [0.2, 0.25) is 5.75 Å². The Labute approximate surface area is 228 Å². The van der Waals surface area contributed by atoms with E-state index in [0.29, 0.717) is 0 Å². The number of imide groups is 2. The maximum Gasteiger partial charge on any atom is 0.339 e. The first-order chi connectivity index (χ1) is 18.0. The van der Waals surface area contributed by atoms with E-state index in [1.54, 1.807) is 31.2 Å². The van der Waals surface area contributed by atoms with Crippen molar-refractivity contribution < 1.29 is 31.7 Å². The third kappa shape index (κ3) is 5.67. The number of aryl methyl sites for hydroxylation is 1. The lowest BCUT2D eigenvalue weighted by Crippen LogP contribution is -2.54. The molecule has 1 saturated heterocycles. The molecule has 38 heavy (non-hydrogen) atoms. The summed E-state index contributed by atoms with van der Waals surface area (Å²) in [6.45, 7) is 3.62. The Kier molecular flexibility index (Phi) is 7.77. The third-order valence-electron chi connectivity index (χ3n) is 5.31. The van der Waals surface area contributed by atoms with Crippen molar-refractivity contribution >= 4 is 62.9 Å². The Bertz CT molecular complexity index is 1590. The highest BCUT2D eigenvalue weighted by atomic mass is 35.5. The van der Waals surface area contributed by atoms with Crippen LogP contribution < -0.4 is 19.1 Å². The number of ether oxygens (including phenoxy) is 1. The Morgan fingerprint density at radius 2 is 1.71 bits per heavy atom. The second-order valence-electron chi connectivity index (χ2n) is 8.05. The Morgan fingerprint density at radius 3 is 2.37 bits per heavy atom. The summed E-state index contributed by atoms with van der Waals surface area (Å²) in [5.74, 6) is -2.10. The molecule has 1 fully saturated rings. The molecule has 1 aliphatic rings. The number of nitrogens with zero attached hydrogens (tertiary/aromatic N) is 1. The van der Waals surface area contributed by atoms with Crippen molar-refractivity contribution in [2.75, 3.05) is 11.5 Å². The number of halogens is 2. The standard InChI is InChI=1S/C26H20Cl2N2O7S/c1-3-36-22-13-16(12-21(28)23(22)37-38(34,35)19-9-7-15(2)8-10-19)11-20-24(31)29-26(33)30(25(20)32)18-6-4-5-17(27)14-18/h4-14H,3H2,1-2H3,(H,29,31,33)/b20-11+. The summed E-state index contributed by atoms with van der Waals surface area (Å²) >= 11 is 12.4. The predicted molar refractivity (Wildman–Crippen MR) is 142 cm³/mol.